The quantitative estimate of drug-likeness (QED) is 0.865. The molecule has 1 heterocycles. The van der Waals surface area contributed by atoms with Crippen molar-refractivity contribution in [3.63, 3.8) is 0 Å². The molecule has 2 rings (SSSR count). The fourth-order valence-corrected chi connectivity index (χ4v) is 2.08. The SMILES string of the molecule is Cc1c(C(O)c2c(F)ccc(Br)c2F)cnn1C. The lowest BCUT2D eigenvalue weighted by molar-refractivity contribution is 0.208. The van der Waals surface area contributed by atoms with Crippen LogP contribution < -0.4 is 0 Å². The molecule has 3 nitrogen and oxygen atoms in total. The molecule has 0 aliphatic carbocycles. The van der Waals surface area contributed by atoms with Gasteiger partial charge in [0.15, 0.2) is 0 Å². The van der Waals surface area contributed by atoms with Crippen molar-refractivity contribution in [3.05, 3.63) is 51.3 Å². The highest BCUT2D eigenvalue weighted by molar-refractivity contribution is 9.10. The number of rotatable bonds is 2. The monoisotopic (exact) mass is 316 g/mol. The molecule has 1 N–H and O–H groups in total. The van der Waals surface area contributed by atoms with Crippen LogP contribution in [0.5, 0.6) is 0 Å². The fourth-order valence-electron chi connectivity index (χ4n) is 1.73. The third-order valence-corrected chi connectivity index (χ3v) is 3.53. The van der Waals surface area contributed by atoms with Crippen molar-refractivity contribution in [2.24, 2.45) is 7.05 Å². The van der Waals surface area contributed by atoms with Crippen molar-refractivity contribution in [2.75, 3.05) is 0 Å². The van der Waals surface area contributed by atoms with E-state index >= 15 is 0 Å². The Labute approximate surface area is 111 Å². The maximum absolute atomic E-state index is 13.9. The molecule has 1 aromatic carbocycles. The average Bonchev–Trinajstić information content (AvgIpc) is 2.65. The second-order valence-corrected chi connectivity index (χ2v) is 4.82. The Hall–Kier alpha value is -1.27. The van der Waals surface area contributed by atoms with Gasteiger partial charge in [0.25, 0.3) is 0 Å². The maximum atomic E-state index is 13.9. The molecular formula is C12H11BrF2N2O. The van der Waals surface area contributed by atoms with E-state index in [0.717, 1.165) is 6.07 Å². The molecule has 0 fully saturated rings. The van der Waals surface area contributed by atoms with E-state index in [1.54, 1.807) is 14.0 Å². The van der Waals surface area contributed by atoms with Crippen molar-refractivity contribution in [2.45, 2.75) is 13.0 Å². The number of nitrogens with zero attached hydrogens (tertiary/aromatic N) is 2. The molecule has 1 unspecified atom stereocenters. The van der Waals surface area contributed by atoms with Crippen LogP contribution in [0.4, 0.5) is 8.78 Å². The molecule has 0 amide bonds. The molecule has 2 aromatic rings. The summed E-state index contributed by atoms with van der Waals surface area (Å²) >= 11 is 2.97. The Morgan fingerprint density at radius 3 is 2.61 bits per heavy atom. The molecule has 0 radical (unpaired) electrons. The van der Waals surface area contributed by atoms with Gasteiger partial charge in [-0.2, -0.15) is 5.10 Å². The topological polar surface area (TPSA) is 38.1 Å². The van der Waals surface area contributed by atoms with Gasteiger partial charge in [-0.05, 0) is 35.0 Å². The first-order valence-electron chi connectivity index (χ1n) is 5.23. The molecule has 1 aromatic heterocycles. The molecule has 0 bridgehead atoms. The lowest BCUT2D eigenvalue weighted by atomic mass is 10.0. The van der Waals surface area contributed by atoms with Crippen LogP contribution in [0.1, 0.15) is 22.9 Å². The zero-order chi connectivity index (χ0) is 13.4. The predicted octanol–water partition coefficient (Wildman–Crippen LogP) is 2.85. The summed E-state index contributed by atoms with van der Waals surface area (Å²) in [5.41, 5.74) is 0.662. The van der Waals surface area contributed by atoms with E-state index in [0.29, 0.717) is 11.3 Å². The van der Waals surface area contributed by atoms with Gasteiger partial charge < -0.3 is 5.11 Å². The van der Waals surface area contributed by atoms with Crippen molar-refractivity contribution in [3.8, 4) is 0 Å². The Kier molecular flexibility index (Phi) is 3.49. The van der Waals surface area contributed by atoms with Gasteiger partial charge in [0.1, 0.15) is 17.7 Å². The third kappa shape index (κ3) is 2.06. The van der Waals surface area contributed by atoms with Crippen LogP contribution in [0.2, 0.25) is 0 Å². The van der Waals surface area contributed by atoms with Crippen LogP contribution in [-0.4, -0.2) is 14.9 Å². The lowest BCUT2D eigenvalue weighted by Crippen LogP contribution is -2.07. The van der Waals surface area contributed by atoms with Crippen molar-refractivity contribution in [1.82, 2.24) is 9.78 Å². The predicted molar refractivity (Wildman–Crippen MR) is 66.1 cm³/mol. The Morgan fingerprint density at radius 1 is 1.39 bits per heavy atom. The summed E-state index contributed by atoms with van der Waals surface area (Å²) in [6, 6.07) is 2.37. The number of hydrogen-bond donors (Lipinski definition) is 1. The molecule has 96 valence electrons. The molecular weight excluding hydrogens is 306 g/mol. The highest BCUT2D eigenvalue weighted by atomic mass is 79.9. The summed E-state index contributed by atoms with van der Waals surface area (Å²) in [7, 11) is 1.69. The number of aliphatic hydroxyl groups excluding tert-OH is 1. The smallest absolute Gasteiger partial charge is 0.146 e. The summed E-state index contributed by atoms with van der Waals surface area (Å²) in [6.07, 6.45) is 0.0240. The lowest BCUT2D eigenvalue weighted by Gasteiger charge is -2.13. The van der Waals surface area contributed by atoms with E-state index in [-0.39, 0.29) is 10.0 Å². The number of aromatic nitrogens is 2. The van der Waals surface area contributed by atoms with Gasteiger partial charge in [0.2, 0.25) is 0 Å². The third-order valence-electron chi connectivity index (χ3n) is 2.92. The van der Waals surface area contributed by atoms with E-state index in [2.05, 4.69) is 21.0 Å². The highest BCUT2D eigenvalue weighted by Gasteiger charge is 2.24. The van der Waals surface area contributed by atoms with Gasteiger partial charge in [0.05, 0.1) is 16.2 Å². The summed E-state index contributed by atoms with van der Waals surface area (Å²) in [4.78, 5) is 0. The van der Waals surface area contributed by atoms with Crippen LogP contribution in [-0.2, 0) is 7.05 Å². The molecule has 0 saturated heterocycles. The normalized spacial score (nSPS) is 12.8. The number of halogens is 3. The first-order valence-corrected chi connectivity index (χ1v) is 6.02. The average molecular weight is 317 g/mol. The van der Waals surface area contributed by atoms with E-state index in [9.17, 15) is 13.9 Å². The summed E-state index contributed by atoms with van der Waals surface area (Å²) < 4.78 is 29.2. The molecule has 0 aliphatic heterocycles. The molecule has 6 heteroatoms. The van der Waals surface area contributed by atoms with E-state index in [1.165, 1.54) is 16.9 Å². The highest BCUT2D eigenvalue weighted by Crippen LogP contribution is 2.31. The van der Waals surface area contributed by atoms with Gasteiger partial charge in [-0.25, -0.2) is 8.78 Å². The van der Waals surface area contributed by atoms with E-state index < -0.39 is 17.7 Å². The van der Waals surface area contributed by atoms with Crippen LogP contribution in [0.3, 0.4) is 0 Å². The zero-order valence-corrected chi connectivity index (χ0v) is 11.4. The molecule has 18 heavy (non-hydrogen) atoms. The second kappa shape index (κ2) is 4.78. The van der Waals surface area contributed by atoms with E-state index in [1.807, 2.05) is 0 Å². The summed E-state index contributed by atoms with van der Waals surface area (Å²) in [5, 5.41) is 14.1. The minimum Gasteiger partial charge on any atom is -0.383 e. The van der Waals surface area contributed by atoms with Gasteiger partial charge in [0, 0.05) is 18.3 Å². The van der Waals surface area contributed by atoms with E-state index in [4.69, 9.17) is 0 Å². The minimum atomic E-state index is -1.38. The van der Waals surface area contributed by atoms with Crippen LogP contribution in [0.15, 0.2) is 22.8 Å². The van der Waals surface area contributed by atoms with Gasteiger partial charge in [-0.1, -0.05) is 0 Å². The van der Waals surface area contributed by atoms with Crippen LogP contribution in [0.25, 0.3) is 0 Å². The van der Waals surface area contributed by atoms with Crippen LogP contribution >= 0.6 is 15.9 Å². The second-order valence-electron chi connectivity index (χ2n) is 3.97. The number of hydrogen-bond acceptors (Lipinski definition) is 2. The Balaban J connectivity index is 2.56. The van der Waals surface area contributed by atoms with Gasteiger partial charge in [-0.15, -0.1) is 0 Å². The summed E-state index contributed by atoms with van der Waals surface area (Å²) in [6.45, 7) is 1.72. The minimum absolute atomic E-state index is 0.111. The van der Waals surface area contributed by atoms with Crippen molar-refractivity contribution in [1.29, 1.82) is 0 Å². The Bertz CT molecular complexity index is 598. The fraction of sp³-hybridized carbons (Fsp3) is 0.250. The first kappa shape index (κ1) is 13.2. The van der Waals surface area contributed by atoms with Gasteiger partial charge >= 0.3 is 0 Å². The van der Waals surface area contributed by atoms with Gasteiger partial charge in [-0.3, -0.25) is 4.68 Å². The standard InChI is InChI=1S/C12H11BrF2N2O/c1-6-7(5-16-17(6)2)12(18)10-9(14)4-3-8(13)11(10)15/h3-5,12,18H,1-2H3. The van der Waals surface area contributed by atoms with Crippen molar-refractivity contribution < 1.29 is 13.9 Å². The molecule has 0 aliphatic rings. The summed E-state index contributed by atoms with van der Waals surface area (Å²) in [5.74, 6) is -1.59. The molecule has 0 saturated carbocycles. The van der Waals surface area contributed by atoms with Crippen molar-refractivity contribution >= 4 is 15.9 Å². The first-order chi connectivity index (χ1) is 8.43. The molecule has 1 atom stereocenters. The number of aliphatic hydroxyl groups is 1. The number of benzene rings is 1. The number of aryl methyl sites for hydroxylation is 1. The zero-order valence-electron chi connectivity index (χ0n) is 9.78. The maximum Gasteiger partial charge on any atom is 0.146 e. The Morgan fingerprint density at radius 2 is 2.06 bits per heavy atom. The molecule has 0 spiro atoms. The van der Waals surface area contributed by atoms with Crippen LogP contribution in [0, 0.1) is 18.6 Å². The largest absolute Gasteiger partial charge is 0.383 e.